The number of para-hydroxylation sites is 2. The Morgan fingerprint density at radius 3 is 2.51 bits per heavy atom. The van der Waals surface area contributed by atoms with E-state index in [2.05, 4.69) is 36.2 Å². The first-order valence-electron chi connectivity index (χ1n) is 12.2. The number of hydrogen-bond acceptors (Lipinski definition) is 7. The van der Waals surface area contributed by atoms with E-state index in [0.29, 0.717) is 18.5 Å². The number of likely N-dealkylation sites (tertiary alicyclic amines) is 1. The molecule has 1 aliphatic rings. The van der Waals surface area contributed by atoms with Crippen molar-refractivity contribution < 1.29 is 9.47 Å². The van der Waals surface area contributed by atoms with Crippen molar-refractivity contribution in [1.82, 2.24) is 24.5 Å². The van der Waals surface area contributed by atoms with Crippen LogP contribution in [0.25, 0.3) is 5.65 Å². The maximum Gasteiger partial charge on any atom is 0.322 e. The van der Waals surface area contributed by atoms with Crippen LogP contribution in [0.1, 0.15) is 43.7 Å². The first kappa shape index (κ1) is 23.1. The van der Waals surface area contributed by atoms with Crippen LogP contribution in [0.5, 0.6) is 17.5 Å². The summed E-state index contributed by atoms with van der Waals surface area (Å²) in [6.45, 7) is 6.82. The average molecular weight is 473 g/mol. The smallest absolute Gasteiger partial charge is 0.322 e. The zero-order valence-electron chi connectivity index (χ0n) is 20.5. The van der Waals surface area contributed by atoms with Crippen molar-refractivity contribution in [1.29, 1.82) is 0 Å². The molecule has 0 radical (unpaired) electrons. The highest BCUT2D eigenvalue weighted by molar-refractivity contribution is 5.53. The van der Waals surface area contributed by atoms with Gasteiger partial charge in [0.2, 0.25) is 5.95 Å². The molecule has 0 aliphatic carbocycles. The monoisotopic (exact) mass is 472 g/mol. The van der Waals surface area contributed by atoms with Crippen LogP contribution >= 0.6 is 0 Å². The van der Waals surface area contributed by atoms with Gasteiger partial charge in [0.15, 0.2) is 5.65 Å². The average Bonchev–Trinajstić information content (AvgIpc) is 3.30. The zero-order chi connectivity index (χ0) is 24.2. The first-order chi connectivity index (χ1) is 17.1. The maximum absolute atomic E-state index is 6.26. The van der Waals surface area contributed by atoms with Crippen LogP contribution in [-0.2, 0) is 6.54 Å². The van der Waals surface area contributed by atoms with Crippen LogP contribution in [-0.4, -0.2) is 50.7 Å². The molecule has 1 N–H and O–H groups in total. The second-order valence-corrected chi connectivity index (χ2v) is 9.32. The minimum atomic E-state index is 0.118. The summed E-state index contributed by atoms with van der Waals surface area (Å²) in [6.07, 6.45) is 3.92. The summed E-state index contributed by atoms with van der Waals surface area (Å²) in [5, 5.41) is 8.02. The van der Waals surface area contributed by atoms with Crippen LogP contribution in [0.3, 0.4) is 0 Å². The van der Waals surface area contributed by atoms with Gasteiger partial charge in [0.1, 0.15) is 17.6 Å². The Hall–Kier alpha value is -3.65. The van der Waals surface area contributed by atoms with Gasteiger partial charge in [-0.2, -0.15) is 19.6 Å². The first-order valence-corrected chi connectivity index (χ1v) is 12.2. The van der Waals surface area contributed by atoms with Crippen molar-refractivity contribution in [3.8, 4) is 17.5 Å². The number of rotatable bonds is 8. The quantitative estimate of drug-likeness (QED) is 0.381. The van der Waals surface area contributed by atoms with E-state index >= 15 is 0 Å². The molecule has 0 bridgehead atoms. The standard InChI is InChI=1S/C27H32N6O2/c1-19(2)23-18-29-33-25(23)30-27(35-22-13-15-32(3)16-14-22)31-26(33)28-17-20-9-7-8-12-24(20)34-21-10-5-4-6-11-21/h4-12,18-19,22H,13-17H2,1-3H3,(H,28,30,31). The summed E-state index contributed by atoms with van der Waals surface area (Å²) in [6, 6.07) is 18.2. The molecule has 3 heterocycles. The molecule has 1 aliphatic heterocycles. The third kappa shape index (κ3) is 5.38. The zero-order valence-corrected chi connectivity index (χ0v) is 20.5. The number of piperidine rings is 1. The minimum Gasteiger partial charge on any atom is -0.460 e. The summed E-state index contributed by atoms with van der Waals surface area (Å²) >= 11 is 0. The highest BCUT2D eigenvalue weighted by atomic mass is 16.5. The lowest BCUT2D eigenvalue weighted by Gasteiger charge is -2.28. The van der Waals surface area contributed by atoms with E-state index in [1.165, 1.54) is 0 Å². The van der Waals surface area contributed by atoms with Gasteiger partial charge in [-0.3, -0.25) is 0 Å². The van der Waals surface area contributed by atoms with E-state index in [4.69, 9.17) is 19.4 Å². The number of hydrogen-bond donors (Lipinski definition) is 1. The van der Waals surface area contributed by atoms with Gasteiger partial charge in [0.05, 0.1) is 6.20 Å². The van der Waals surface area contributed by atoms with Crippen molar-refractivity contribution in [3.63, 3.8) is 0 Å². The highest BCUT2D eigenvalue weighted by Gasteiger charge is 2.22. The van der Waals surface area contributed by atoms with Crippen molar-refractivity contribution in [2.24, 2.45) is 0 Å². The van der Waals surface area contributed by atoms with Crippen molar-refractivity contribution in [3.05, 3.63) is 71.9 Å². The predicted molar refractivity (Wildman–Crippen MR) is 136 cm³/mol. The van der Waals surface area contributed by atoms with Crippen LogP contribution in [0.15, 0.2) is 60.8 Å². The van der Waals surface area contributed by atoms with E-state index in [1.807, 2.05) is 60.8 Å². The largest absolute Gasteiger partial charge is 0.460 e. The second kappa shape index (κ2) is 10.3. The van der Waals surface area contributed by atoms with Crippen LogP contribution in [0.4, 0.5) is 5.95 Å². The van der Waals surface area contributed by atoms with Gasteiger partial charge < -0.3 is 19.7 Å². The molecule has 0 amide bonds. The third-order valence-electron chi connectivity index (χ3n) is 6.32. The molecule has 1 saturated heterocycles. The van der Waals surface area contributed by atoms with Crippen molar-refractivity contribution >= 4 is 11.6 Å². The fourth-order valence-corrected chi connectivity index (χ4v) is 4.24. The molecule has 1 fully saturated rings. The van der Waals surface area contributed by atoms with E-state index in [1.54, 1.807) is 4.52 Å². The van der Waals surface area contributed by atoms with Gasteiger partial charge in [-0.1, -0.05) is 50.2 Å². The minimum absolute atomic E-state index is 0.118. The molecule has 0 atom stereocenters. The molecule has 0 saturated carbocycles. The van der Waals surface area contributed by atoms with Crippen molar-refractivity contribution in [2.45, 2.75) is 45.3 Å². The molecule has 0 spiro atoms. The number of nitrogens with zero attached hydrogens (tertiary/aromatic N) is 5. The fourth-order valence-electron chi connectivity index (χ4n) is 4.24. The third-order valence-corrected chi connectivity index (χ3v) is 6.32. The Morgan fingerprint density at radius 1 is 1.00 bits per heavy atom. The molecular formula is C27H32N6O2. The van der Waals surface area contributed by atoms with Crippen LogP contribution in [0, 0.1) is 0 Å². The van der Waals surface area contributed by atoms with Crippen LogP contribution < -0.4 is 14.8 Å². The number of aromatic nitrogens is 4. The summed E-state index contributed by atoms with van der Waals surface area (Å²) < 4.78 is 14.1. The fraction of sp³-hybridized carbons (Fsp3) is 0.370. The predicted octanol–water partition coefficient (Wildman–Crippen LogP) is 5.13. The lowest BCUT2D eigenvalue weighted by Crippen LogP contribution is -2.36. The van der Waals surface area contributed by atoms with Gasteiger partial charge in [0.25, 0.3) is 0 Å². The van der Waals surface area contributed by atoms with Crippen molar-refractivity contribution in [2.75, 3.05) is 25.5 Å². The summed E-state index contributed by atoms with van der Waals surface area (Å²) in [5.74, 6) is 2.47. The Labute approximate surface area is 205 Å². The van der Waals surface area contributed by atoms with Gasteiger partial charge in [-0.15, -0.1) is 0 Å². The van der Waals surface area contributed by atoms with Gasteiger partial charge in [-0.05, 0) is 44.0 Å². The Kier molecular flexibility index (Phi) is 6.81. The molecule has 35 heavy (non-hydrogen) atoms. The number of nitrogens with one attached hydrogen (secondary N) is 1. The lowest BCUT2D eigenvalue weighted by atomic mass is 10.1. The number of fused-ring (bicyclic) bond motifs is 1. The topological polar surface area (TPSA) is 76.8 Å². The molecule has 8 heteroatoms. The summed E-state index contributed by atoms with van der Waals surface area (Å²) in [7, 11) is 2.14. The SMILES string of the molecule is CC(C)c1cnn2c(NCc3ccccc3Oc3ccccc3)nc(OC3CCN(C)CC3)nc12. The summed E-state index contributed by atoms with van der Waals surface area (Å²) in [4.78, 5) is 11.8. The van der Waals surface area contributed by atoms with Gasteiger partial charge in [0, 0.05) is 30.8 Å². The molecule has 8 nitrogen and oxygen atoms in total. The maximum atomic E-state index is 6.26. The molecule has 5 rings (SSSR count). The number of benzene rings is 2. The second-order valence-electron chi connectivity index (χ2n) is 9.32. The molecular weight excluding hydrogens is 440 g/mol. The van der Waals surface area contributed by atoms with E-state index in [-0.39, 0.29) is 12.0 Å². The van der Waals surface area contributed by atoms with E-state index in [9.17, 15) is 0 Å². The highest BCUT2D eigenvalue weighted by Crippen LogP contribution is 2.27. The van der Waals surface area contributed by atoms with E-state index in [0.717, 1.165) is 54.2 Å². The number of ether oxygens (including phenoxy) is 2. The molecule has 4 aromatic rings. The van der Waals surface area contributed by atoms with Gasteiger partial charge >= 0.3 is 6.01 Å². The Morgan fingerprint density at radius 2 is 1.74 bits per heavy atom. The van der Waals surface area contributed by atoms with E-state index < -0.39 is 0 Å². The number of anilines is 1. The molecule has 182 valence electrons. The molecule has 2 aromatic heterocycles. The lowest BCUT2D eigenvalue weighted by molar-refractivity contribution is 0.105. The molecule has 0 unspecified atom stereocenters. The molecule has 2 aromatic carbocycles. The Balaban J connectivity index is 1.41. The summed E-state index contributed by atoms with van der Waals surface area (Å²) in [5.41, 5.74) is 2.85. The Bertz CT molecular complexity index is 1270. The normalized spacial score (nSPS) is 15.0. The van der Waals surface area contributed by atoms with Gasteiger partial charge in [-0.25, -0.2) is 0 Å². The van der Waals surface area contributed by atoms with Crippen LogP contribution in [0.2, 0.25) is 0 Å².